The van der Waals surface area contributed by atoms with Crippen LogP contribution in [0.15, 0.2) is 64.5 Å². The van der Waals surface area contributed by atoms with Gasteiger partial charge in [-0.15, -0.1) is 0 Å². The molecule has 3 rings (SSSR count). The van der Waals surface area contributed by atoms with E-state index >= 15 is 0 Å². The van der Waals surface area contributed by atoms with Crippen molar-refractivity contribution < 1.29 is 9.53 Å². The molecule has 1 aromatic heterocycles. The molecule has 150 valence electrons. The summed E-state index contributed by atoms with van der Waals surface area (Å²) in [7, 11) is 1.53. The fourth-order valence-corrected chi connectivity index (χ4v) is 3.84. The number of benzene rings is 2. The lowest BCUT2D eigenvalue weighted by molar-refractivity contribution is -0.115. The zero-order valence-corrected chi connectivity index (χ0v) is 17.5. The molecular formula is C21H20ClN3O3S. The summed E-state index contributed by atoms with van der Waals surface area (Å²) in [5.41, 5.74) is 1.71. The minimum Gasteiger partial charge on any atom is -0.495 e. The number of thioether (sulfide) groups is 1. The van der Waals surface area contributed by atoms with Crippen LogP contribution in [0.4, 0.5) is 5.69 Å². The molecule has 1 unspecified atom stereocenters. The van der Waals surface area contributed by atoms with Gasteiger partial charge in [-0.1, -0.05) is 60.6 Å². The molecule has 2 aromatic carbocycles. The highest BCUT2D eigenvalue weighted by atomic mass is 35.5. The lowest BCUT2D eigenvalue weighted by atomic mass is 10.1. The summed E-state index contributed by atoms with van der Waals surface area (Å²) in [5.74, 6) is 0.331. The Kier molecular flexibility index (Phi) is 6.95. The molecule has 0 aliphatic heterocycles. The van der Waals surface area contributed by atoms with Crippen molar-refractivity contribution in [3.63, 3.8) is 0 Å². The zero-order valence-electron chi connectivity index (χ0n) is 15.9. The smallest absolute Gasteiger partial charge is 0.252 e. The maximum atomic E-state index is 12.7. The van der Waals surface area contributed by atoms with Gasteiger partial charge in [0.1, 0.15) is 5.75 Å². The largest absolute Gasteiger partial charge is 0.495 e. The number of carbonyl (C=O) groups excluding carboxylic acids is 1. The number of halogens is 1. The highest BCUT2D eigenvalue weighted by Gasteiger charge is 2.20. The number of anilines is 1. The summed E-state index contributed by atoms with van der Waals surface area (Å²) < 4.78 is 5.12. The number of nitrogens with one attached hydrogen (secondary N) is 2. The van der Waals surface area contributed by atoms with E-state index in [1.54, 1.807) is 18.2 Å². The van der Waals surface area contributed by atoms with Crippen LogP contribution in [0.3, 0.4) is 0 Å². The Morgan fingerprint density at radius 2 is 2.00 bits per heavy atom. The number of rotatable bonds is 7. The molecule has 2 N–H and O–H groups in total. The Morgan fingerprint density at radius 3 is 2.66 bits per heavy atom. The molecule has 0 radical (unpaired) electrons. The molecule has 8 heteroatoms. The average molecular weight is 430 g/mol. The maximum Gasteiger partial charge on any atom is 0.252 e. The van der Waals surface area contributed by atoms with E-state index in [0.717, 1.165) is 5.56 Å². The van der Waals surface area contributed by atoms with E-state index in [0.29, 0.717) is 33.7 Å². The van der Waals surface area contributed by atoms with Crippen molar-refractivity contribution in [1.29, 1.82) is 0 Å². The summed E-state index contributed by atoms with van der Waals surface area (Å²) in [6.07, 6.45) is 0.555. The van der Waals surface area contributed by atoms with Crippen LogP contribution in [0.2, 0.25) is 5.02 Å². The molecule has 6 nitrogen and oxygen atoms in total. The Balaban J connectivity index is 1.77. The number of carbonyl (C=O) groups is 1. The van der Waals surface area contributed by atoms with Gasteiger partial charge in [-0.25, -0.2) is 4.98 Å². The van der Waals surface area contributed by atoms with Crippen molar-refractivity contribution in [2.45, 2.75) is 23.8 Å². The third-order valence-electron chi connectivity index (χ3n) is 4.13. The van der Waals surface area contributed by atoms with E-state index in [9.17, 15) is 9.59 Å². The van der Waals surface area contributed by atoms with E-state index in [4.69, 9.17) is 16.3 Å². The second kappa shape index (κ2) is 9.62. The van der Waals surface area contributed by atoms with Crippen LogP contribution in [-0.2, 0) is 4.79 Å². The predicted molar refractivity (Wildman–Crippen MR) is 117 cm³/mol. The fraction of sp³-hybridized carbons (Fsp3) is 0.190. The summed E-state index contributed by atoms with van der Waals surface area (Å²) >= 11 is 7.33. The number of amides is 1. The number of aromatic nitrogens is 2. The molecular weight excluding hydrogens is 410 g/mol. The molecule has 0 bridgehead atoms. The molecule has 1 atom stereocenters. The summed E-state index contributed by atoms with van der Waals surface area (Å²) in [6, 6.07) is 15.9. The first-order chi connectivity index (χ1) is 14.0. The van der Waals surface area contributed by atoms with Crippen LogP contribution in [0.5, 0.6) is 5.75 Å². The third-order valence-corrected chi connectivity index (χ3v) is 5.67. The van der Waals surface area contributed by atoms with Crippen LogP contribution in [-0.4, -0.2) is 28.2 Å². The van der Waals surface area contributed by atoms with Gasteiger partial charge in [0.25, 0.3) is 5.56 Å². The zero-order chi connectivity index (χ0) is 20.8. The topological polar surface area (TPSA) is 84.1 Å². The molecule has 0 saturated heterocycles. The Morgan fingerprint density at radius 1 is 1.24 bits per heavy atom. The van der Waals surface area contributed by atoms with E-state index in [1.165, 1.54) is 24.9 Å². The van der Waals surface area contributed by atoms with Gasteiger partial charge in [-0.3, -0.25) is 9.59 Å². The molecule has 0 spiro atoms. The highest BCUT2D eigenvalue weighted by Crippen LogP contribution is 2.29. The van der Waals surface area contributed by atoms with Crippen molar-refractivity contribution >= 4 is 35.0 Å². The van der Waals surface area contributed by atoms with Gasteiger partial charge in [0.2, 0.25) is 5.91 Å². The lowest BCUT2D eigenvalue weighted by Gasteiger charge is -2.15. The molecule has 0 aliphatic rings. The number of ether oxygens (including phenoxy) is 1. The SMILES string of the molecule is CCC(Sc1nc(-c2ccccc2)cc(=O)[nH]1)C(=O)Nc1ccc(OC)c(Cl)c1. The van der Waals surface area contributed by atoms with Crippen LogP contribution in [0.25, 0.3) is 11.3 Å². The van der Waals surface area contributed by atoms with E-state index < -0.39 is 5.25 Å². The van der Waals surface area contributed by atoms with Gasteiger partial charge >= 0.3 is 0 Å². The third kappa shape index (κ3) is 5.40. The minimum absolute atomic E-state index is 0.202. The van der Waals surface area contributed by atoms with Crippen LogP contribution in [0.1, 0.15) is 13.3 Å². The van der Waals surface area contributed by atoms with Crippen LogP contribution in [0, 0.1) is 0 Å². The number of methoxy groups -OCH3 is 1. The number of hydrogen-bond acceptors (Lipinski definition) is 5. The van der Waals surface area contributed by atoms with E-state index in [-0.39, 0.29) is 11.5 Å². The number of aromatic amines is 1. The van der Waals surface area contributed by atoms with E-state index in [1.807, 2.05) is 37.3 Å². The molecule has 1 heterocycles. The monoisotopic (exact) mass is 429 g/mol. The Bertz CT molecular complexity index is 1060. The highest BCUT2D eigenvalue weighted by molar-refractivity contribution is 8.00. The minimum atomic E-state index is -0.440. The molecule has 1 amide bonds. The normalized spacial score (nSPS) is 11.7. The van der Waals surface area contributed by atoms with Crippen LogP contribution >= 0.6 is 23.4 Å². The number of nitrogens with zero attached hydrogens (tertiary/aromatic N) is 1. The quantitative estimate of drug-likeness (QED) is 0.423. The first-order valence-corrected chi connectivity index (χ1v) is 10.2. The second-order valence-electron chi connectivity index (χ2n) is 6.16. The van der Waals surface area contributed by atoms with Gasteiger partial charge in [0.15, 0.2) is 5.16 Å². The predicted octanol–water partition coefficient (Wildman–Crippen LogP) is 4.61. The molecule has 0 aliphatic carbocycles. The Hall–Kier alpha value is -2.77. The second-order valence-corrected chi connectivity index (χ2v) is 7.75. The Labute approximate surface area is 177 Å². The standard InChI is InChI=1S/C21H20ClN3O3S/c1-3-18(20(27)23-14-9-10-17(28-2)15(22)11-14)29-21-24-16(12-19(26)25-21)13-7-5-4-6-8-13/h4-12,18H,3H2,1-2H3,(H,23,27)(H,24,25,26). The van der Waals surface area contributed by atoms with Crippen molar-refractivity contribution in [2.75, 3.05) is 12.4 Å². The lowest BCUT2D eigenvalue weighted by Crippen LogP contribution is -2.25. The number of hydrogen-bond donors (Lipinski definition) is 2. The van der Waals surface area contributed by atoms with Gasteiger partial charge < -0.3 is 15.0 Å². The molecule has 3 aromatic rings. The van der Waals surface area contributed by atoms with Crippen LogP contribution < -0.4 is 15.6 Å². The number of H-pyrrole nitrogens is 1. The van der Waals surface area contributed by atoms with Crippen molar-refractivity contribution in [1.82, 2.24) is 9.97 Å². The van der Waals surface area contributed by atoms with E-state index in [2.05, 4.69) is 15.3 Å². The first-order valence-electron chi connectivity index (χ1n) is 8.98. The first kappa shape index (κ1) is 21.0. The molecule has 29 heavy (non-hydrogen) atoms. The maximum absolute atomic E-state index is 12.7. The summed E-state index contributed by atoms with van der Waals surface area (Å²) in [4.78, 5) is 32.0. The average Bonchev–Trinajstić information content (AvgIpc) is 2.72. The fourth-order valence-electron chi connectivity index (χ4n) is 2.67. The molecule has 0 fully saturated rings. The van der Waals surface area contributed by atoms with Gasteiger partial charge in [-0.05, 0) is 24.6 Å². The summed E-state index contributed by atoms with van der Waals surface area (Å²) in [5, 5.41) is 3.21. The van der Waals surface area contributed by atoms with Gasteiger partial charge in [0, 0.05) is 17.3 Å². The van der Waals surface area contributed by atoms with Gasteiger partial charge in [0.05, 0.1) is 23.1 Å². The van der Waals surface area contributed by atoms with Gasteiger partial charge in [-0.2, -0.15) is 0 Å². The van der Waals surface area contributed by atoms with Crippen molar-refractivity contribution in [3.05, 3.63) is 70.0 Å². The summed E-state index contributed by atoms with van der Waals surface area (Å²) in [6.45, 7) is 1.90. The van der Waals surface area contributed by atoms with Crippen molar-refractivity contribution in [3.8, 4) is 17.0 Å². The molecule has 0 saturated carbocycles. The van der Waals surface area contributed by atoms with Crippen molar-refractivity contribution in [2.24, 2.45) is 0 Å².